The third kappa shape index (κ3) is 4.17. The highest BCUT2D eigenvalue weighted by molar-refractivity contribution is 5.89. The number of hydrogen-bond acceptors (Lipinski definition) is 3. The minimum absolute atomic E-state index is 0.0452. The quantitative estimate of drug-likeness (QED) is 0.876. The average Bonchev–Trinajstić information content (AvgIpc) is 3.23. The number of carbonyl (C=O) groups excluding carboxylic acids is 1. The van der Waals surface area contributed by atoms with Crippen LogP contribution in [0.3, 0.4) is 0 Å². The van der Waals surface area contributed by atoms with Gasteiger partial charge in [0.1, 0.15) is 5.82 Å². The number of rotatable bonds is 5. The summed E-state index contributed by atoms with van der Waals surface area (Å²) in [4.78, 5) is 14.6. The monoisotopic (exact) mass is 345 g/mol. The molecule has 1 aliphatic heterocycles. The number of amides is 2. The summed E-state index contributed by atoms with van der Waals surface area (Å²) in [7, 11) is 1.83. The molecule has 2 amide bonds. The Bertz CT molecular complexity index is 722. The number of aryl methyl sites for hydroxylation is 1. The van der Waals surface area contributed by atoms with E-state index in [4.69, 9.17) is 0 Å². The van der Waals surface area contributed by atoms with E-state index in [2.05, 4.69) is 20.6 Å². The van der Waals surface area contributed by atoms with Crippen LogP contribution in [-0.2, 0) is 7.05 Å². The first kappa shape index (κ1) is 17.4. The van der Waals surface area contributed by atoms with Gasteiger partial charge in [-0.05, 0) is 50.6 Å². The SMILES string of the molecule is Cc1c(NC(=O)NC[C@@H](c2ccc(F)cc2)N2CCCC2)cnn1C. The topological polar surface area (TPSA) is 62.2 Å². The summed E-state index contributed by atoms with van der Waals surface area (Å²) < 4.78 is 14.9. The van der Waals surface area contributed by atoms with Gasteiger partial charge in [0, 0.05) is 13.6 Å². The van der Waals surface area contributed by atoms with E-state index in [0.717, 1.165) is 37.2 Å². The Balaban J connectivity index is 1.64. The van der Waals surface area contributed by atoms with Gasteiger partial charge in [0.25, 0.3) is 0 Å². The molecule has 0 bridgehead atoms. The summed E-state index contributed by atoms with van der Waals surface area (Å²) in [5.41, 5.74) is 2.60. The van der Waals surface area contributed by atoms with Gasteiger partial charge >= 0.3 is 6.03 Å². The number of likely N-dealkylation sites (tertiary alicyclic amines) is 1. The summed E-state index contributed by atoms with van der Waals surface area (Å²) in [5, 5.41) is 9.87. The molecule has 3 rings (SSSR count). The maximum atomic E-state index is 13.2. The van der Waals surface area contributed by atoms with Crippen molar-refractivity contribution in [3.05, 3.63) is 47.5 Å². The van der Waals surface area contributed by atoms with E-state index in [-0.39, 0.29) is 17.9 Å². The summed E-state index contributed by atoms with van der Waals surface area (Å²) in [6, 6.07) is 6.31. The van der Waals surface area contributed by atoms with E-state index in [9.17, 15) is 9.18 Å². The third-order valence-corrected chi connectivity index (χ3v) is 4.78. The van der Waals surface area contributed by atoms with Crippen molar-refractivity contribution in [3.8, 4) is 0 Å². The number of hydrogen-bond donors (Lipinski definition) is 2. The molecule has 7 heteroatoms. The Labute approximate surface area is 147 Å². The summed E-state index contributed by atoms with van der Waals surface area (Å²) in [6.07, 6.45) is 3.93. The highest BCUT2D eigenvalue weighted by Crippen LogP contribution is 2.25. The molecule has 0 radical (unpaired) electrons. The number of nitrogens with zero attached hydrogens (tertiary/aromatic N) is 3. The van der Waals surface area contributed by atoms with Crippen molar-refractivity contribution in [3.63, 3.8) is 0 Å². The van der Waals surface area contributed by atoms with E-state index >= 15 is 0 Å². The molecule has 1 fully saturated rings. The Morgan fingerprint density at radius 2 is 1.96 bits per heavy atom. The second-order valence-corrected chi connectivity index (χ2v) is 6.41. The molecule has 25 heavy (non-hydrogen) atoms. The maximum Gasteiger partial charge on any atom is 0.319 e. The number of nitrogens with one attached hydrogen (secondary N) is 2. The Kier molecular flexibility index (Phi) is 5.33. The predicted octanol–water partition coefficient (Wildman–Crippen LogP) is 2.83. The summed E-state index contributed by atoms with van der Waals surface area (Å²) in [6.45, 7) is 4.35. The van der Waals surface area contributed by atoms with E-state index in [0.29, 0.717) is 12.2 Å². The molecule has 0 spiro atoms. The van der Waals surface area contributed by atoms with Crippen molar-refractivity contribution in [2.45, 2.75) is 25.8 Å². The van der Waals surface area contributed by atoms with Gasteiger partial charge in [-0.3, -0.25) is 9.58 Å². The predicted molar refractivity (Wildman–Crippen MR) is 94.9 cm³/mol. The first-order chi connectivity index (χ1) is 12.0. The van der Waals surface area contributed by atoms with Crippen LogP contribution in [0.4, 0.5) is 14.9 Å². The lowest BCUT2D eigenvalue weighted by Crippen LogP contribution is -2.38. The Hall–Kier alpha value is -2.41. The normalized spacial score (nSPS) is 16.0. The third-order valence-electron chi connectivity index (χ3n) is 4.78. The van der Waals surface area contributed by atoms with E-state index < -0.39 is 0 Å². The second kappa shape index (κ2) is 7.65. The highest BCUT2D eigenvalue weighted by atomic mass is 19.1. The van der Waals surface area contributed by atoms with Crippen molar-refractivity contribution in [1.82, 2.24) is 20.0 Å². The number of halogens is 1. The maximum absolute atomic E-state index is 13.2. The van der Waals surface area contributed by atoms with Gasteiger partial charge < -0.3 is 10.6 Å². The van der Waals surface area contributed by atoms with Crippen molar-refractivity contribution in [2.75, 3.05) is 25.0 Å². The molecule has 1 aliphatic rings. The lowest BCUT2D eigenvalue weighted by Gasteiger charge is -2.28. The van der Waals surface area contributed by atoms with Crippen molar-refractivity contribution in [2.24, 2.45) is 7.05 Å². The minimum Gasteiger partial charge on any atom is -0.336 e. The van der Waals surface area contributed by atoms with Crippen molar-refractivity contribution >= 4 is 11.7 Å². The van der Waals surface area contributed by atoms with Gasteiger partial charge in [0.15, 0.2) is 0 Å². The van der Waals surface area contributed by atoms with Crippen LogP contribution in [0.25, 0.3) is 0 Å². The second-order valence-electron chi connectivity index (χ2n) is 6.41. The highest BCUT2D eigenvalue weighted by Gasteiger charge is 2.24. The van der Waals surface area contributed by atoms with Crippen LogP contribution < -0.4 is 10.6 Å². The molecule has 2 N–H and O–H groups in total. The first-order valence-corrected chi connectivity index (χ1v) is 8.57. The van der Waals surface area contributed by atoms with Gasteiger partial charge in [-0.25, -0.2) is 9.18 Å². The smallest absolute Gasteiger partial charge is 0.319 e. The molecule has 2 heterocycles. The van der Waals surface area contributed by atoms with Crippen LogP contribution in [0.2, 0.25) is 0 Å². The fourth-order valence-electron chi connectivity index (χ4n) is 3.17. The van der Waals surface area contributed by atoms with Crippen LogP contribution in [0, 0.1) is 12.7 Å². The van der Waals surface area contributed by atoms with Crippen LogP contribution >= 0.6 is 0 Å². The minimum atomic E-state index is -0.262. The fourth-order valence-corrected chi connectivity index (χ4v) is 3.17. The van der Waals surface area contributed by atoms with E-state index in [1.165, 1.54) is 12.1 Å². The molecule has 1 aromatic carbocycles. The number of anilines is 1. The number of carbonyl (C=O) groups is 1. The van der Waals surface area contributed by atoms with Gasteiger partial charge in [0.2, 0.25) is 0 Å². The van der Waals surface area contributed by atoms with E-state index in [1.807, 2.05) is 14.0 Å². The van der Waals surface area contributed by atoms with Crippen LogP contribution in [0.1, 0.15) is 30.1 Å². The molecule has 0 saturated carbocycles. The number of urea groups is 1. The fraction of sp³-hybridized carbons (Fsp3) is 0.444. The Morgan fingerprint density at radius 3 is 2.56 bits per heavy atom. The lowest BCUT2D eigenvalue weighted by atomic mass is 10.1. The van der Waals surface area contributed by atoms with E-state index in [1.54, 1.807) is 23.0 Å². The van der Waals surface area contributed by atoms with Crippen molar-refractivity contribution < 1.29 is 9.18 Å². The van der Waals surface area contributed by atoms with Gasteiger partial charge in [-0.1, -0.05) is 12.1 Å². The van der Waals surface area contributed by atoms with Gasteiger partial charge in [-0.15, -0.1) is 0 Å². The summed E-state index contributed by atoms with van der Waals surface area (Å²) >= 11 is 0. The molecular weight excluding hydrogens is 321 g/mol. The zero-order valence-corrected chi connectivity index (χ0v) is 14.6. The molecular formula is C18H24FN5O. The molecule has 0 unspecified atom stereocenters. The zero-order valence-electron chi connectivity index (χ0n) is 14.6. The van der Waals surface area contributed by atoms with Crippen LogP contribution in [0.5, 0.6) is 0 Å². The molecule has 0 aliphatic carbocycles. The first-order valence-electron chi connectivity index (χ1n) is 8.57. The van der Waals surface area contributed by atoms with Crippen LogP contribution in [0.15, 0.2) is 30.5 Å². The lowest BCUT2D eigenvalue weighted by molar-refractivity contribution is 0.227. The molecule has 1 aromatic heterocycles. The summed E-state index contributed by atoms with van der Waals surface area (Å²) in [5.74, 6) is -0.248. The van der Waals surface area contributed by atoms with Crippen LogP contribution in [-0.4, -0.2) is 40.3 Å². The largest absolute Gasteiger partial charge is 0.336 e. The number of aromatic nitrogens is 2. The molecule has 134 valence electrons. The molecule has 2 aromatic rings. The average molecular weight is 345 g/mol. The standard InChI is InChI=1S/C18H24FN5O/c1-13-16(11-21-23(13)2)22-18(25)20-12-17(24-9-3-4-10-24)14-5-7-15(19)8-6-14/h5-8,11,17H,3-4,9-10,12H2,1-2H3,(H2,20,22,25)/t17-/m0/s1. The van der Waals surface area contributed by atoms with Crippen molar-refractivity contribution in [1.29, 1.82) is 0 Å². The number of benzene rings is 1. The Morgan fingerprint density at radius 1 is 1.28 bits per heavy atom. The molecule has 1 atom stereocenters. The molecule has 6 nitrogen and oxygen atoms in total. The van der Waals surface area contributed by atoms with Gasteiger partial charge in [-0.2, -0.15) is 5.10 Å². The zero-order chi connectivity index (χ0) is 17.8. The molecule has 1 saturated heterocycles. The van der Waals surface area contributed by atoms with Gasteiger partial charge in [0.05, 0.1) is 23.6 Å².